The number of fused-ring (bicyclic) bond motifs is 1. The number of rotatable bonds is 5. The van der Waals surface area contributed by atoms with E-state index in [-0.39, 0.29) is 0 Å². The Kier molecular flexibility index (Phi) is 4.93. The lowest BCUT2D eigenvalue weighted by atomic mass is 10.1. The molecule has 3 aromatic rings. The van der Waals surface area contributed by atoms with Gasteiger partial charge in [0.1, 0.15) is 0 Å². The van der Waals surface area contributed by atoms with Gasteiger partial charge in [0, 0.05) is 11.4 Å². The SMILES string of the molecule is C=C(/C=C\C(=C/C)Nc1ccc2ccccc2c1)c1ccccc1. The third-order valence-corrected chi connectivity index (χ3v) is 3.96. The van der Waals surface area contributed by atoms with Crippen LogP contribution in [0, 0.1) is 0 Å². The molecule has 0 fully saturated rings. The molecule has 0 bridgehead atoms. The topological polar surface area (TPSA) is 12.0 Å². The first-order valence-corrected chi connectivity index (χ1v) is 8.11. The first-order valence-electron chi connectivity index (χ1n) is 8.11. The number of benzene rings is 3. The van der Waals surface area contributed by atoms with Gasteiger partial charge in [-0.3, -0.25) is 0 Å². The van der Waals surface area contributed by atoms with Crippen LogP contribution in [0.3, 0.4) is 0 Å². The molecule has 1 heteroatoms. The lowest BCUT2D eigenvalue weighted by Crippen LogP contribution is -1.96. The Balaban J connectivity index is 1.74. The number of hydrogen-bond acceptors (Lipinski definition) is 1. The van der Waals surface area contributed by atoms with E-state index in [1.807, 2.05) is 31.2 Å². The van der Waals surface area contributed by atoms with E-state index in [0.29, 0.717) is 0 Å². The van der Waals surface area contributed by atoms with Gasteiger partial charge in [-0.1, -0.05) is 79.4 Å². The molecule has 0 radical (unpaired) electrons. The number of anilines is 1. The number of nitrogens with one attached hydrogen (secondary N) is 1. The van der Waals surface area contributed by atoms with Crippen LogP contribution in [0.1, 0.15) is 12.5 Å². The van der Waals surface area contributed by atoms with Crippen molar-refractivity contribution in [1.82, 2.24) is 0 Å². The Bertz CT molecular complexity index is 901. The van der Waals surface area contributed by atoms with Crippen LogP contribution in [0.4, 0.5) is 5.69 Å². The highest BCUT2D eigenvalue weighted by atomic mass is 14.9. The maximum Gasteiger partial charge on any atom is 0.0390 e. The fourth-order valence-corrected chi connectivity index (χ4v) is 2.58. The van der Waals surface area contributed by atoms with Gasteiger partial charge in [-0.05, 0) is 47.0 Å². The second-order valence-corrected chi connectivity index (χ2v) is 5.66. The molecule has 0 heterocycles. The first kappa shape index (κ1) is 15.8. The van der Waals surface area contributed by atoms with Crippen molar-refractivity contribution in [2.24, 2.45) is 0 Å². The molecular formula is C23H21N. The van der Waals surface area contributed by atoms with Crippen molar-refractivity contribution in [2.45, 2.75) is 6.92 Å². The van der Waals surface area contributed by atoms with Crippen molar-refractivity contribution in [2.75, 3.05) is 5.32 Å². The zero-order valence-corrected chi connectivity index (χ0v) is 13.9. The fourth-order valence-electron chi connectivity index (χ4n) is 2.58. The highest BCUT2D eigenvalue weighted by Gasteiger charge is 1.98. The molecule has 0 amide bonds. The molecule has 0 saturated carbocycles. The van der Waals surface area contributed by atoms with Crippen LogP contribution in [0.15, 0.2) is 103 Å². The average molecular weight is 311 g/mol. The Morgan fingerprint density at radius 2 is 1.54 bits per heavy atom. The summed E-state index contributed by atoms with van der Waals surface area (Å²) < 4.78 is 0. The molecule has 0 spiro atoms. The van der Waals surface area contributed by atoms with Crippen LogP contribution < -0.4 is 5.32 Å². The highest BCUT2D eigenvalue weighted by molar-refractivity contribution is 5.86. The summed E-state index contributed by atoms with van der Waals surface area (Å²) in [7, 11) is 0. The normalized spacial score (nSPS) is 11.8. The van der Waals surface area contributed by atoms with Gasteiger partial charge in [0.2, 0.25) is 0 Å². The van der Waals surface area contributed by atoms with Gasteiger partial charge in [0.05, 0.1) is 0 Å². The molecule has 0 aliphatic heterocycles. The van der Waals surface area contributed by atoms with E-state index in [1.165, 1.54) is 10.8 Å². The van der Waals surface area contributed by atoms with Crippen molar-refractivity contribution < 1.29 is 0 Å². The van der Waals surface area contributed by atoms with E-state index in [1.54, 1.807) is 0 Å². The summed E-state index contributed by atoms with van der Waals surface area (Å²) >= 11 is 0. The molecule has 0 aromatic heterocycles. The third kappa shape index (κ3) is 3.82. The van der Waals surface area contributed by atoms with Gasteiger partial charge in [-0.2, -0.15) is 0 Å². The fraction of sp³-hybridized carbons (Fsp3) is 0.0435. The van der Waals surface area contributed by atoms with E-state index in [4.69, 9.17) is 0 Å². The molecular weight excluding hydrogens is 290 g/mol. The number of allylic oxidation sites excluding steroid dienone is 4. The number of hydrogen-bond donors (Lipinski definition) is 1. The molecule has 3 aromatic carbocycles. The maximum absolute atomic E-state index is 4.14. The second kappa shape index (κ2) is 7.47. The zero-order chi connectivity index (χ0) is 16.8. The third-order valence-electron chi connectivity index (χ3n) is 3.96. The van der Waals surface area contributed by atoms with E-state index < -0.39 is 0 Å². The van der Waals surface area contributed by atoms with Crippen LogP contribution >= 0.6 is 0 Å². The van der Waals surface area contributed by atoms with Crippen molar-refractivity contribution in [3.8, 4) is 0 Å². The molecule has 1 nitrogen and oxygen atoms in total. The van der Waals surface area contributed by atoms with E-state index in [0.717, 1.165) is 22.5 Å². The average Bonchev–Trinajstić information content (AvgIpc) is 2.65. The predicted octanol–water partition coefficient (Wildman–Crippen LogP) is 6.43. The van der Waals surface area contributed by atoms with E-state index >= 15 is 0 Å². The maximum atomic E-state index is 4.14. The van der Waals surface area contributed by atoms with E-state index in [9.17, 15) is 0 Å². The van der Waals surface area contributed by atoms with Gasteiger partial charge < -0.3 is 5.32 Å². The van der Waals surface area contributed by atoms with Gasteiger partial charge in [-0.15, -0.1) is 0 Å². The minimum Gasteiger partial charge on any atom is -0.356 e. The largest absolute Gasteiger partial charge is 0.356 e. The minimum absolute atomic E-state index is 0.996. The Labute approximate surface area is 143 Å². The summed E-state index contributed by atoms with van der Waals surface area (Å²) in [5.74, 6) is 0. The highest BCUT2D eigenvalue weighted by Crippen LogP contribution is 2.21. The quantitative estimate of drug-likeness (QED) is 0.536. The molecule has 1 N–H and O–H groups in total. The standard InChI is InChI=1S/C23H21N/c1-3-22(15-13-18(2)19-9-5-4-6-10-19)24-23-16-14-20-11-7-8-12-21(20)17-23/h3-17,24H,2H2,1H3/b15-13-,22-3+. The summed E-state index contributed by atoms with van der Waals surface area (Å²) in [4.78, 5) is 0. The molecule has 0 unspecified atom stereocenters. The smallest absolute Gasteiger partial charge is 0.0390 e. The minimum atomic E-state index is 0.996. The molecule has 24 heavy (non-hydrogen) atoms. The molecule has 0 atom stereocenters. The monoisotopic (exact) mass is 311 g/mol. The van der Waals surface area contributed by atoms with Crippen molar-refractivity contribution in [3.63, 3.8) is 0 Å². The van der Waals surface area contributed by atoms with Gasteiger partial charge in [0.25, 0.3) is 0 Å². The van der Waals surface area contributed by atoms with Gasteiger partial charge in [-0.25, -0.2) is 0 Å². The van der Waals surface area contributed by atoms with Crippen LogP contribution in [-0.2, 0) is 0 Å². The molecule has 0 aliphatic rings. The summed E-state index contributed by atoms with van der Waals surface area (Å²) in [5, 5.41) is 5.94. The summed E-state index contributed by atoms with van der Waals surface area (Å²) in [6.07, 6.45) is 6.16. The van der Waals surface area contributed by atoms with Crippen LogP contribution in [0.25, 0.3) is 16.3 Å². The van der Waals surface area contributed by atoms with Crippen molar-refractivity contribution in [3.05, 3.63) is 109 Å². The van der Waals surface area contributed by atoms with Crippen LogP contribution in [0.2, 0.25) is 0 Å². The van der Waals surface area contributed by atoms with E-state index in [2.05, 4.69) is 78.6 Å². The Morgan fingerprint density at radius 3 is 2.29 bits per heavy atom. The molecule has 0 aliphatic carbocycles. The van der Waals surface area contributed by atoms with Crippen LogP contribution in [-0.4, -0.2) is 0 Å². The molecule has 0 saturated heterocycles. The van der Waals surface area contributed by atoms with Gasteiger partial charge in [0.15, 0.2) is 0 Å². The van der Waals surface area contributed by atoms with Crippen molar-refractivity contribution in [1.29, 1.82) is 0 Å². The molecule has 3 rings (SSSR count). The zero-order valence-electron chi connectivity index (χ0n) is 13.9. The summed E-state index contributed by atoms with van der Waals surface area (Å²) in [6.45, 7) is 6.16. The Morgan fingerprint density at radius 1 is 0.833 bits per heavy atom. The Hall–Kier alpha value is -3.06. The molecule has 118 valence electrons. The predicted molar refractivity (Wildman–Crippen MR) is 106 cm³/mol. The van der Waals surface area contributed by atoms with Crippen molar-refractivity contribution >= 4 is 22.0 Å². The summed E-state index contributed by atoms with van der Waals surface area (Å²) in [6, 6.07) is 25.0. The van der Waals surface area contributed by atoms with Crippen LogP contribution in [0.5, 0.6) is 0 Å². The second-order valence-electron chi connectivity index (χ2n) is 5.66. The summed E-state index contributed by atoms with van der Waals surface area (Å²) in [5.41, 5.74) is 4.25. The lowest BCUT2D eigenvalue weighted by Gasteiger charge is -2.09. The first-order chi connectivity index (χ1) is 11.8. The van der Waals surface area contributed by atoms with Gasteiger partial charge >= 0.3 is 0 Å². The lowest BCUT2D eigenvalue weighted by molar-refractivity contribution is 1.45.